The van der Waals surface area contributed by atoms with Crippen LogP contribution in [-0.4, -0.2) is 39.5 Å². The monoisotopic (exact) mass is 462 g/mol. The summed E-state index contributed by atoms with van der Waals surface area (Å²) in [6.07, 6.45) is 3.79. The van der Waals surface area contributed by atoms with Gasteiger partial charge in [-0.3, -0.25) is 9.78 Å². The number of halogens is 2. The summed E-state index contributed by atoms with van der Waals surface area (Å²) in [5.74, 6) is 0.663. The third-order valence-corrected chi connectivity index (χ3v) is 6.36. The molecule has 2 aromatic heterocycles. The maximum atomic E-state index is 12.6. The standard InChI is InChI=1S/C26H28F2N6/c1-17(31-22-5-2-18(3-6-22)12-25(27)28)26-23-13-20(4-7-24(23)32-33-26)21-14-30-34(16-21)15-19-8-10-29-11-9-19/h2-7,13-14,16,19,25,29,31H,1,8-12,15H2,(H,32,33). The Morgan fingerprint density at radius 3 is 2.68 bits per heavy atom. The van der Waals surface area contributed by atoms with Crippen LogP contribution in [0.1, 0.15) is 24.1 Å². The van der Waals surface area contributed by atoms with E-state index >= 15 is 0 Å². The smallest absolute Gasteiger partial charge is 0.242 e. The lowest BCUT2D eigenvalue weighted by atomic mass is 9.98. The first-order chi connectivity index (χ1) is 16.5. The van der Waals surface area contributed by atoms with Crippen LogP contribution >= 0.6 is 0 Å². The van der Waals surface area contributed by atoms with Crippen molar-refractivity contribution in [2.45, 2.75) is 32.2 Å². The quantitative estimate of drug-likeness (QED) is 0.332. The first kappa shape index (κ1) is 22.3. The normalized spacial score (nSPS) is 14.7. The largest absolute Gasteiger partial charge is 0.354 e. The predicted octanol–water partition coefficient (Wildman–Crippen LogP) is 5.32. The first-order valence-corrected chi connectivity index (χ1v) is 11.6. The minimum absolute atomic E-state index is 0.248. The highest BCUT2D eigenvalue weighted by Crippen LogP contribution is 2.29. The Kier molecular flexibility index (Phi) is 6.40. The summed E-state index contributed by atoms with van der Waals surface area (Å²) in [7, 11) is 0. The van der Waals surface area contributed by atoms with Crippen LogP contribution < -0.4 is 10.6 Å². The van der Waals surface area contributed by atoms with Gasteiger partial charge in [-0.25, -0.2) is 8.78 Å². The number of alkyl halides is 2. The van der Waals surface area contributed by atoms with Gasteiger partial charge in [-0.15, -0.1) is 0 Å². The third-order valence-electron chi connectivity index (χ3n) is 6.36. The van der Waals surface area contributed by atoms with Gasteiger partial charge in [0.05, 0.1) is 17.4 Å². The molecule has 34 heavy (non-hydrogen) atoms. The second-order valence-corrected chi connectivity index (χ2v) is 8.87. The van der Waals surface area contributed by atoms with Crippen LogP contribution in [0.15, 0.2) is 61.4 Å². The Hall–Kier alpha value is -3.52. The lowest BCUT2D eigenvalue weighted by Crippen LogP contribution is -2.29. The second-order valence-electron chi connectivity index (χ2n) is 8.87. The van der Waals surface area contributed by atoms with Crippen molar-refractivity contribution in [3.63, 3.8) is 0 Å². The van der Waals surface area contributed by atoms with Crippen LogP contribution in [0.5, 0.6) is 0 Å². The van der Waals surface area contributed by atoms with E-state index < -0.39 is 6.43 Å². The number of piperidine rings is 1. The number of rotatable bonds is 8. The predicted molar refractivity (Wildman–Crippen MR) is 132 cm³/mol. The topological polar surface area (TPSA) is 70.6 Å². The molecule has 1 aliphatic rings. The average molecular weight is 463 g/mol. The maximum absolute atomic E-state index is 12.6. The molecule has 3 heterocycles. The number of aromatic amines is 1. The van der Waals surface area contributed by atoms with E-state index in [1.165, 1.54) is 12.8 Å². The first-order valence-electron chi connectivity index (χ1n) is 11.6. The van der Waals surface area contributed by atoms with Gasteiger partial charge in [0, 0.05) is 35.8 Å². The van der Waals surface area contributed by atoms with Gasteiger partial charge in [-0.05, 0) is 67.2 Å². The van der Waals surface area contributed by atoms with Gasteiger partial charge in [-0.2, -0.15) is 10.2 Å². The van der Waals surface area contributed by atoms with Crippen LogP contribution in [0.25, 0.3) is 27.7 Å². The number of hydrogen-bond donors (Lipinski definition) is 3. The number of fused-ring (bicyclic) bond motifs is 1. The van der Waals surface area contributed by atoms with E-state index in [9.17, 15) is 8.78 Å². The summed E-state index contributed by atoms with van der Waals surface area (Å²) in [5, 5.41) is 19.7. The molecule has 2 aromatic carbocycles. The molecular formula is C26H28F2N6. The average Bonchev–Trinajstić information content (AvgIpc) is 3.47. The van der Waals surface area contributed by atoms with Crippen LogP contribution in [0, 0.1) is 5.92 Å². The van der Waals surface area contributed by atoms with Crippen molar-refractivity contribution in [2.75, 3.05) is 18.4 Å². The Balaban J connectivity index is 1.32. The van der Waals surface area contributed by atoms with E-state index in [1.54, 1.807) is 24.3 Å². The molecule has 1 aliphatic heterocycles. The molecule has 176 valence electrons. The highest BCUT2D eigenvalue weighted by molar-refractivity contribution is 5.94. The van der Waals surface area contributed by atoms with Crippen molar-refractivity contribution in [1.29, 1.82) is 0 Å². The van der Waals surface area contributed by atoms with Gasteiger partial charge < -0.3 is 10.6 Å². The molecular weight excluding hydrogens is 434 g/mol. The fourth-order valence-corrected chi connectivity index (χ4v) is 4.50. The molecule has 0 aliphatic carbocycles. The van der Waals surface area contributed by atoms with Crippen molar-refractivity contribution < 1.29 is 8.78 Å². The van der Waals surface area contributed by atoms with Gasteiger partial charge >= 0.3 is 0 Å². The number of aromatic nitrogens is 4. The fraction of sp³-hybridized carbons (Fsp3) is 0.308. The van der Waals surface area contributed by atoms with E-state index in [1.807, 2.05) is 16.9 Å². The molecule has 0 saturated carbocycles. The van der Waals surface area contributed by atoms with Gasteiger partial charge in [0.25, 0.3) is 0 Å². The zero-order valence-corrected chi connectivity index (χ0v) is 18.9. The summed E-state index contributed by atoms with van der Waals surface area (Å²) in [5.41, 5.74) is 5.77. The SMILES string of the molecule is C=C(Nc1ccc(CC(F)F)cc1)c1n[nH]c2ccc(-c3cnn(CC4CCNCC4)c3)cc12. The van der Waals surface area contributed by atoms with E-state index in [4.69, 9.17) is 0 Å². The lowest BCUT2D eigenvalue weighted by Gasteiger charge is -2.22. The van der Waals surface area contributed by atoms with Crippen LogP contribution in [0.4, 0.5) is 14.5 Å². The lowest BCUT2D eigenvalue weighted by molar-refractivity contribution is 0.149. The van der Waals surface area contributed by atoms with Crippen LogP contribution in [0.2, 0.25) is 0 Å². The molecule has 1 saturated heterocycles. The molecule has 0 bridgehead atoms. The van der Waals surface area contributed by atoms with Crippen molar-refractivity contribution in [3.05, 3.63) is 72.7 Å². The summed E-state index contributed by atoms with van der Waals surface area (Å²) in [4.78, 5) is 0. The molecule has 0 radical (unpaired) electrons. The number of nitrogens with zero attached hydrogens (tertiary/aromatic N) is 3. The highest BCUT2D eigenvalue weighted by Gasteiger charge is 2.15. The van der Waals surface area contributed by atoms with Crippen molar-refractivity contribution in [3.8, 4) is 11.1 Å². The third kappa shape index (κ3) is 5.02. The molecule has 5 rings (SSSR count). The van der Waals surface area contributed by atoms with Gasteiger partial charge in [0.2, 0.25) is 6.43 Å². The molecule has 8 heteroatoms. The van der Waals surface area contributed by atoms with Crippen molar-refractivity contribution >= 4 is 22.3 Å². The van der Waals surface area contributed by atoms with Crippen molar-refractivity contribution in [2.24, 2.45) is 5.92 Å². The molecule has 6 nitrogen and oxygen atoms in total. The molecule has 0 spiro atoms. The van der Waals surface area contributed by atoms with E-state index in [0.29, 0.717) is 17.2 Å². The van der Waals surface area contributed by atoms with Gasteiger partial charge in [0.15, 0.2) is 0 Å². The Morgan fingerprint density at radius 1 is 1.12 bits per heavy atom. The molecule has 0 unspecified atom stereocenters. The highest BCUT2D eigenvalue weighted by atomic mass is 19.3. The Morgan fingerprint density at radius 2 is 1.91 bits per heavy atom. The van der Waals surface area contributed by atoms with Gasteiger partial charge in [-0.1, -0.05) is 24.8 Å². The van der Waals surface area contributed by atoms with E-state index in [-0.39, 0.29) is 6.42 Å². The van der Waals surface area contributed by atoms with Crippen LogP contribution in [-0.2, 0) is 13.0 Å². The molecule has 4 aromatic rings. The number of nitrogens with one attached hydrogen (secondary N) is 3. The maximum Gasteiger partial charge on any atom is 0.242 e. The fourth-order valence-electron chi connectivity index (χ4n) is 4.50. The molecule has 0 atom stereocenters. The summed E-state index contributed by atoms with van der Waals surface area (Å²) < 4.78 is 27.2. The Labute approximate surface area is 197 Å². The molecule has 0 amide bonds. The minimum Gasteiger partial charge on any atom is -0.354 e. The van der Waals surface area contributed by atoms with E-state index in [0.717, 1.165) is 53.0 Å². The van der Waals surface area contributed by atoms with Gasteiger partial charge in [0.1, 0.15) is 5.69 Å². The summed E-state index contributed by atoms with van der Waals surface area (Å²) in [6, 6.07) is 13.1. The minimum atomic E-state index is -2.35. The van der Waals surface area contributed by atoms with Crippen LogP contribution in [0.3, 0.4) is 0 Å². The van der Waals surface area contributed by atoms with E-state index in [2.05, 4.69) is 50.8 Å². The zero-order chi connectivity index (χ0) is 23.5. The zero-order valence-electron chi connectivity index (χ0n) is 18.9. The molecule has 1 fully saturated rings. The van der Waals surface area contributed by atoms with Crippen molar-refractivity contribution in [1.82, 2.24) is 25.3 Å². The number of H-pyrrole nitrogens is 1. The number of hydrogen-bond acceptors (Lipinski definition) is 4. The second kappa shape index (κ2) is 9.77. The summed E-state index contributed by atoms with van der Waals surface area (Å²) >= 11 is 0. The number of benzene rings is 2. The summed E-state index contributed by atoms with van der Waals surface area (Å²) in [6.45, 7) is 7.25. The Bertz CT molecular complexity index is 1270. The molecule has 3 N–H and O–H groups in total. The number of anilines is 1.